The van der Waals surface area contributed by atoms with Gasteiger partial charge in [0.2, 0.25) is 0 Å². The number of ether oxygens (including phenoxy) is 1. The largest absolute Gasteiger partial charge is 0.481 e. The van der Waals surface area contributed by atoms with E-state index in [1.54, 1.807) is 29.2 Å². The number of carboxylic acids is 1. The highest BCUT2D eigenvalue weighted by Gasteiger charge is 2.23. The van der Waals surface area contributed by atoms with E-state index < -0.39 is 5.97 Å². The zero-order valence-corrected chi connectivity index (χ0v) is 11.3. The second-order valence-corrected chi connectivity index (χ2v) is 4.81. The van der Waals surface area contributed by atoms with E-state index >= 15 is 0 Å². The summed E-state index contributed by atoms with van der Waals surface area (Å²) < 4.78 is 5.29. The van der Waals surface area contributed by atoms with E-state index in [1.165, 1.54) is 0 Å². The normalized spacial score (nSPS) is 18.6. The molecule has 1 saturated heterocycles. The number of carbonyl (C=O) groups is 2. The molecular formula is C14H18N2O4. The Balaban J connectivity index is 1.95. The first kappa shape index (κ1) is 14.3. The Bertz CT molecular complexity index is 486. The van der Waals surface area contributed by atoms with Crippen molar-refractivity contribution in [3.8, 4) is 0 Å². The Kier molecular flexibility index (Phi) is 4.57. The number of aliphatic carboxylic acids is 1. The third-order valence-corrected chi connectivity index (χ3v) is 3.19. The van der Waals surface area contributed by atoms with E-state index in [2.05, 4.69) is 5.32 Å². The standard InChI is InChI=1S/C14H18N2O4/c1-10-9-20-7-6-16(10)14(19)15-12-4-2-11(3-5-12)8-13(17)18/h2-5,10H,6-9H2,1H3,(H,15,19)(H,17,18). The van der Waals surface area contributed by atoms with E-state index in [0.717, 1.165) is 0 Å². The van der Waals surface area contributed by atoms with Gasteiger partial charge in [0.1, 0.15) is 0 Å². The van der Waals surface area contributed by atoms with Crippen molar-refractivity contribution in [3.63, 3.8) is 0 Å². The predicted octanol–water partition coefficient (Wildman–Crippen LogP) is 1.57. The molecule has 0 aliphatic carbocycles. The Labute approximate surface area is 117 Å². The fourth-order valence-electron chi connectivity index (χ4n) is 2.10. The molecule has 1 aliphatic heterocycles. The van der Waals surface area contributed by atoms with Crippen molar-refractivity contribution in [3.05, 3.63) is 29.8 Å². The van der Waals surface area contributed by atoms with Gasteiger partial charge in [0.15, 0.2) is 0 Å². The summed E-state index contributed by atoms with van der Waals surface area (Å²) in [6.45, 7) is 3.61. The number of urea groups is 1. The molecule has 1 aromatic carbocycles. The van der Waals surface area contributed by atoms with E-state index in [4.69, 9.17) is 9.84 Å². The average Bonchev–Trinajstić information content (AvgIpc) is 2.41. The molecule has 2 rings (SSSR count). The molecule has 1 heterocycles. The maximum absolute atomic E-state index is 12.1. The number of hydrogen-bond acceptors (Lipinski definition) is 3. The van der Waals surface area contributed by atoms with Crippen molar-refractivity contribution in [1.29, 1.82) is 0 Å². The molecule has 1 atom stereocenters. The lowest BCUT2D eigenvalue weighted by Gasteiger charge is -2.33. The highest BCUT2D eigenvalue weighted by molar-refractivity contribution is 5.89. The fraction of sp³-hybridized carbons (Fsp3) is 0.429. The lowest BCUT2D eigenvalue weighted by Crippen LogP contribution is -2.48. The van der Waals surface area contributed by atoms with Crippen molar-refractivity contribution < 1.29 is 19.4 Å². The maximum atomic E-state index is 12.1. The summed E-state index contributed by atoms with van der Waals surface area (Å²) in [5, 5.41) is 11.5. The SMILES string of the molecule is CC1COCCN1C(=O)Nc1ccc(CC(=O)O)cc1. The van der Waals surface area contributed by atoms with Crippen LogP contribution in [0, 0.1) is 0 Å². The van der Waals surface area contributed by atoms with Crippen LogP contribution in [0.3, 0.4) is 0 Å². The fourth-order valence-corrected chi connectivity index (χ4v) is 2.10. The van der Waals surface area contributed by atoms with Gasteiger partial charge in [0.05, 0.1) is 25.7 Å². The van der Waals surface area contributed by atoms with Gasteiger partial charge in [-0.15, -0.1) is 0 Å². The van der Waals surface area contributed by atoms with Gasteiger partial charge in [-0.05, 0) is 24.6 Å². The van der Waals surface area contributed by atoms with E-state index in [-0.39, 0.29) is 18.5 Å². The zero-order valence-electron chi connectivity index (χ0n) is 11.3. The molecule has 2 amide bonds. The van der Waals surface area contributed by atoms with E-state index in [1.807, 2.05) is 6.92 Å². The molecule has 20 heavy (non-hydrogen) atoms. The molecule has 0 spiro atoms. The number of hydrogen-bond donors (Lipinski definition) is 2. The molecule has 1 aliphatic rings. The van der Waals surface area contributed by atoms with Crippen molar-refractivity contribution >= 4 is 17.7 Å². The summed E-state index contributed by atoms with van der Waals surface area (Å²) in [5.41, 5.74) is 1.36. The number of carbonyl (C=O) groups excluding carboxylic acids is 1. The molecule has 1 fully saturated rings. The number of amides is 2. The lowest BCUT2D eigenvalue weighted by atomic mass is 10.1. The van der Waals surface area contributed by atoms with Gasteiger partial charge in [-0.1, -0.05) is 12.1 Å². The monoisotopic (exact) mass is 278 g/mol. The molecular weight excluding hydrogens is 260 g/mol. The number of carboxylic acid groups (broad SMARTS) is 1. The minimum absolute atomic E-state index is 0.0191. The molecule has 2 N–H and O–H groups in total. The third-order valence-electron chi connectivity index (χ3n) is 3.19. The molecule has 6 nitrogen and oxygen atoms in total. The van der Waals surface area contributed by atoms with Gasteiger partial charge in [0, 0.05) is 12.2 Å². The molecule has 0 radical (unpaired) electrons. The average molecular weight is 278 g/mol. The number of anilines is 1. The maximum Gasteiger partial charge on any atom is 0.322 e. The minimum Gasteiger partial charge on any atom is -0.481 e. The molecule has 108 valence electrons. The van der Waals surface area contributed by atoms with Gasteiger partial charge >= 0.3 is 12.0 Å². The van der Waals surface area contributed by atoms with Crippen LogP contribution in [-0.2, 0) is 16.0 Å². The summed E-state index contributed by atoms with van der Waals surface area (Å²) >= 11 is 0. The van der Waals surface area contributed by atoms with Gasteiger partial charge in [0.25, 0.3) is 0 Å². The van der Waals surface area contributed by atoms with Crippen molar-refractivity contribution in [1.82, 2.24) is 4.90 Å². The highest BCUT2D eigenvalue weighted by Crippen LogP contribution is 2.13. The molecule has 6 heteroatoms. The summed E-state index contributed by atoms with van der Waals surface area (Å²) in [5.74, 6) is -0.871. The Hall–Kier alpha value is -2.08. The van der Waals surface area contributed by atoms with Crippen LogP contribution in [0.2, 0.25) is 0 Å². The van der Waals surface area contributed by atoms with Crippen LogP contribution >= 0.6 is 0 Å². The molecule has 1 aromatic rings. The summed E-state index contributed by atoms with van der Waals surface area (Å²) in [4.78, 5) is 24.4. The van der Waals surface area contributed by atoms with Gasteiger partial charge in [-0.3, -0.25) is 4.79 Å². The number of benzene rings is 1. The highest BCUT2D eigenvalue weighted by atomic mass is 16.5. The second-order valence-electron chi connectivity index (χ2n) is 4.81. The first-order chi connectivity index (χ1) is 9.56. The molecule has 0 aromatic heterocycles. The zero-order chi connectivity index (χ0) is 14.5. The van der Waals surface area contributed by atoms with Crippen molar-refractivity contribution in [2.45, 2.75) is 19.4 Å². The van der Waals surface area contributed by atoms with Gasteiger partial charge in [-0.2, -0.15) is 0 Å². The van der Waals surface area contributed by atoms with Crippen LogP contribution in [0.5, 0.6) is 0 Å². The minimum atomic E-state index is -0.871. The number of morpholine rings is 1. The van der Waals surface area contributed by atoms with Gasteiger partial charge < -0.3 is 20.1 Å². The first-order valence-electron chi connectivity index (χ1n) is 6.52. The number of nitrogens with one attached hydrogen (secondary N) is 1. The Morgan fingerprint density at radius 3 is 2.70 bits per heavy atom. The first-order valence-corrected chi connectivity index (χ1v) is 6.52. The predicted molar refractivity (Wildman–Crippen MR) is 73.8 cm³/mol. The number of rotatable bonds is 3. The van der Waals surface area contributed by atoms with E-state index in [0.29, 0.717) is 31.0 Å². The summed E-state index contributed by atoms with van der Waals surface area (Å²) in [7, 11) is 0. The summed E-state index contributed by atoms with van der Waals surface area (Å²) in [6.07, 6.45) is -0.0191. The smallest absolute Gasteiger partial charge is 0.322 e. The van der Waals surface area contributed by atoms with Crippen LogP contribution in [0.1, 0.15) is 12.5 Å². The van der Waals surface area contributed by atoms with Crippen molar-refractivity contribution in [2.24, 2.45) is 0 Å². The lowest BCUT2D eigenvalue weighted by molar-refractivity contribution is -0.136. The quantitative estimate of drug-likeness (QED) is 0.879. The van der Waals surface area contributed by atoms with Crippen LogP contribution in [-0.4, -0.2) is 47.8 Å². The van der Waals surface area contributed by atoms with E-state index in [9.17, 15) is 9.59 Å². The molecule has 1 unspecified atom stereocenters. The van der Waals surface area contributed by atoms with Crippen LogP contribution in [0.25, 0.3) is 0 Å². The van der Waals surface area contributed by atoms with Crippen molar-refractivity contribution in [2.75, 3.05) is 25.1 Å². The van der Waals surface area contributed by atoms with Crippen LogP contribution in [0.4, 0.5) is 10.5 Å². The Morgan fingerprint density at radius 2 is 2.10 bits per heavy atom. The molecule has 0 bridgehead atoms. The third kappa shape index (κ3) is 3.71. The van der Waals surface area contributed by atoms with Gasteiger partial charge in [-0.25, -0.2) is 4.79 Å². The Morgan fingerprint density at radius 1 is 1.40 bits per heavy atom. The van der Waals surface area contributed by atoms with Crippen LogP contribution in [0.15, 0.2) is 24.3 Å². The number of nitrogens with zero attached hydrogens (tertiary/aromatic N) is 1. The topological polar surface area (TPSA) is 78.9 Å². The second kappa shape index (κ2) is 6.38. The summed E-state index contributed by atoms with van der Waals surface area (Å²) in [6, 6.07) is 6.71. The van der Waals surface area contributed by atoms with Crippen LogP contribution < -0.4 is 5.32 Å². The molecule has 0 saturated carbocycles.